The third-order valence-electron chi connectivity index (χ3n) is 4.07. The number of nitrogens with one attached hydrogen (secondary N) is 2. The van der Waals surface area contributed by atoms with Crippen molar-refractivity contribution in [3.63, 3.8) is 0 Å². The maximum absolute atomic E-state index is 12.1. The van der Waals surface area contributed by atoms with E-state index in [1.165, 1.54) is 10.4 Å². The summed E-state index contributed by atoms with van der Waals surface area (Å²) in [5, 5.41) is 16.8. The molecular weight excluding hydrogens is 288 g/mol. The quantitative estimate of drug-likeness (QED) is 0.751. The summed E-state index contributed by atoms with van der Waals surface area (Å²) in [5.41, 5.74) is 1.23. The second-order valence-electron chi connectivity index (χ2n) is 5.53. The van der Waals surface area contributed by atoms with Crippen LogP contribution in [0.3, 0.4) is 0 Å². The molecule has 21 heavy (non-hydrogen) atoms. The van der Waals surface area contributed by atoms with Gasteiger partial charge in [-0.2, -0.15) is 0 Å². The van der Waals surface area contributed by atoms with Gasteiger partial charge >= 0.3 is 12.0 Å². The predicted molar refractivity (Wildman–Crippen MR) is 80.3 cm³/mol. The molecule has 0 saturated heterocycles. The summed E-state index contributed by atoms with van der Waals surface area (Å²) in [4.78, 5) is 24.3. The summed E-state index contributed by atoms with van der Waals surface area (Å²) >= 11 is 1.74. The van der Waals surface area contributed by atoms with Gasteiger partial charge in [0, 0.05) is 4.88 Å². The van der Waals surface area contributed by atoms with E-state index in [9.17, 15) is 9.59 Å². The average molecular weight is 306 g/mol. The molecule has 2 aliphatic carbocycles. The van der Waals surface area contributed by atoms with Crippen LogP contribution in [0.5, 0.6) is 0 Å². The number of amides is 2. The van der Waals surface area contributed by atoms with Crippen LogP contribution in [0.4, 0.5) is 4.79 Å². The summed E-state index contributed by atoms with van der Waals surface area (Å²) in [6.07, 6.45) is 6.97. The average Bonchev–Trinajstić information content (AvgIpc) is 3.07. The zero-order chi connectivity index (χ0) is 14.8. The van der Waals surface area contributed by atoms with Crippen LogP contribution >= 0.6 is 11.3 Å². The van der Waals surface area contributed by atoms with E-state index >= 15 is 0 Å². The van der Waals surface area contributed by atoms with Gasteiger partial charge in [0.2, 0.25) is 0 Å². The van der Waals surface area contributed by atoms with Gasteiger partial charge in [0.15, 0.2) is 0 Å². The van der Waals surface area contributed by atoms with Crippen LogP contribution < -0.4 is 10.6 Å². The largest absolute Gasteiger partial charge is 0.481 e. The van der Waals surface area contributed by atoms with Crippen LogP contribution in [0, 0.1) is 5.92 Å². The molecule has 3 unspecified atom stereocenters. The number of rotatable bonds is 3. The Morgan fingerprint density at radius 1 is 1.29 bits per heavy atom. The summed E-state index contributed by atoms with van der Waals surface area (Å²) in [7, 11) is 0. The summed E-state index contributed by atoms with van der Waals surface area (Å²) in [6.45, 7) is 0. The molecule has 0 spiro atoms. The van der Waals surface area contributed by atoms with E-state index in [1.54, 1.807) is 23.5 Å². The monoisotopic (exact) mass is 306 g/mol. The number of carbonyl (C=O) groups excluding carboxylic acids is 1. The minimum atomic E-state index is -0.842. The lowest BCUT2D eigenvalue weighted by Crippen LogP contribution is -2.43. The van der Waals surface area contributed by atoms with Gasteiger partial charge < -0.3 is 15.7 Å². The molecule has 0 fully saturated rings. The molecule has 1 aromatic rings. The molecule has 0 radical (unpaired) electrons. The fourth-order valence-electron chi connectivity index (χ4n) is 2.99. The molecule has 2 amide bonds. The molecule has 1 heterocycles. The Labute approximate surface area is 127 Å². The molecule has 6 heteroatoms. The molecule has 112 valence electrons. The molecule has 2 aliphatic rings. The molecule has 3 atom stereocenters. The van der Waals surface area contributed by atoms with Crippen molar-refractivity contribution < 1.29 is 14.7 Å². The van der Waals surface area contributed by atoms with Crippen LogP contribution in [-0.4, -0.2) is 23.1 Å². The molecule has 1 aromatic heterocycles. The molecular formula is C15H18N2O3S. The van der Waals surface area contributed by atoms with Crippen LogP contribution in [0.15, 0.2) is 23.6 Å². The second kappa shape index (κ2) is 5.89. The first-order valence-electron chi connectivity index (χ1n) is 7.18. The van der Waals surface area contributed by atoms with Gasteiger partial charge in [-0.05, 0) is 42.7 Å². The van der Waals surface area contributed by atoms with Crippen molar-refractivity contribution in [1.29, 1.82) is 0 Å². The first-order chi connectivity index (χ1) is 10.1. The summed E-state index contributed by atoms with van der Waals surface area (Å²) in [6, 6.07) is 1.73. The Morgan fingerprint density at radius 2 is 2.14 bits per heavy atom. The number of urea groups is 1. The number of aryl methyl sites for hydroxylation is 1. The van der Waals surface area contributed by atoms with Gasteiger partial charge in [0.1, 0.15) is 0 Å². The number of hydrogen-bond acceptors (Lipinski definition) is 3. The highest BCUT2D eigenvalue weighted by molar-refractivity contribution is 7.10. The van der Waals surface area contributed by atoms with Gasteiger partial charge in [0.25, 0.3) is 0 Å². The van der Waals surface area contributed by atoms with Crippen molar-refractivity contribution in [2.75, 3.05) is 0 Å². The lowest BCUT2D eigenvalue weighted by atomic mass is 9.94. The van der Waals surface area contributed by atoms with E-state index < -0.39 is 11.9 Å². The zero-order valence-corrected chi connectivity index (χ0v) is 12.4. The lowest BCUT2D eigenvalue weighted by Gasteiger charge is -2.24. The zero-order valence-electron chi connectivity index (χ0n) is 11.5. The number of hydrogen-bond donors (Lipinski definition) is 3. The van der Waals surface area contributed by atoms with E-state index in [1.807, 2.05) is 0 Å². The Kier molecular flexibility index (Phi) is 3.96. The topological polar surface area (TPSA) is 78.4 Å². The number of carboxylic acid groups (broad SMARTS) is 1. The minimum absolute atomic E-state index is 0.0700. The number of thiophene rings is 1. The number of fused-ring (bicyclic) bond motifs is 1. The molecule has 3 N–H and O–H groups in total. The highest BCUT2D eigenvalue weighted by Gasteiger charge is 2.27. The van der Waals surface area contributed by atoms with Crippen molar-refractivity contribution in [3.05, 3.63) is 34.0 Å². The summed E-state index contributed by atoms with van der Waals surface area (Å²) in [5.74, 6) is -1.33. The van der Waals surface area contributed by atoms with E-state index in [-0.39, 0.29) is 18.1 Å². The fourth-order valence-corrected chi connectivity index (χ4v) is 3.98. The van der Waals surface area contributed by atoms with Crippen molar-refractivity contribution in [2.24, 2.45) is 5.92 Å². The predicted octanol–water partition coefficient (Wildman–Crippen LogP) is 2.45. The Morgan fingerprint density at radius 3 is 2.90 bits per heavy atom. The van der Waals surface area contributed by atoms with E-state index in [0.717, 1.165) is 19.3 Å². The van der Waals surface area contributed by atoms with Gasteiger partial charge in [0.05, 0.1) is 18.0 Å². The Bertz CT molecular complexity index is 581. The molecule has 0 aromatic carbocycles. The van der Waals surface area contributed by atoms with Crippen molar-refractivity contribution in [1.82, 2.24) is 10.6 Å². The lowest BCUT2D eigenvalue weighted by molar-refractivity contribution is -0.140. The Balaban J connectivity index is 1.54. The third kappa shape index (κ3) is 3.10. The fraction of sp³-hybridized carbons (Fsp3) is 0.467. The standard InChI is InChI=1S/C15H18N2O3S/c18-14(19)9-4-5-10(8-9)16-15(20)17-12-2-1-3-13-11(12)6-7-21-13/h4-7,9-10,12H,1-3,8H2,(H,18,19)(H2,16,17,20). The summed E-state index contributed by atoms with van der Waals surface area (Å²) < 4.78 is 0. The molecule has 5 nitrogen and oxygen atoms in total. The van der Waals surface area contributed by atoms with Crippen molar-refractivity contribution in [3.8, 4) is 0 Å². The van der Waals surface area contributed by atoms with Gasteiger partial charge in [-0.25, -0.2) is 4.79 Å². The second-order valence-corrected chi connectivity index (χ2v) is 6.53. The number of carbonyl (C=O) groups is 2. The normalized spacial score (nSPS) is 27.1. The first kappa shape index (κ1) is 14.1. The van der Waals surface area contributed by atoms with Gasteiger partial charge in [-0.3, -0.25) is 4.79 Å². The van der Waals surface area contributed by atoms with Crippen LogP contribution in [0.2, 0.25) is 0 Å². The molecule has 0 saturated carbocycles. The van der Waals surface area contributed by atoms with Crippen molar-refractivity contribution >= 4 is 23.3 Å². The minimum Gasteiger partial charge on any atom is -0.481 e. The molecule has 3 rings (SSSR count). The Hall–Kier alpha value is -1.82. The van der Waals surface area contributed by atoms with Crippen LogP contribution in [-0.2, 0) is 11.2 Å². The third-order valence-corrected chi connectivity index (χ3v) is 5.07. The van der Waals surface area contributed by atoms with Gasteiger partial charge in [-0.15, -0.1) is 11.3 Å². The molecule has 0 bridgehead atoms. The van der Waals surface area contributed by atoms with Crippen LogP contribution in [0.25, 0.3) is 0 Å². The SMILES string of the molecule is O=C(NC1C=CC(C(=O)O)C1)NC1CCCc2sccc21. The van der Waals surface area contributed by atoms with Gasteiger partial charge in [-0.1, -0.05) is 12.2 Å². The maximum atomic E-state index is 12.1. The number of carboxylic acids is 1. The van der Waals surface area contributed by atoms with E-state index in [0.29, 0.717) is 6.42 Å². The highest BCUT2D eigenvalue weighted by atomic mass is 32.1. The maximum Gasteiger partial charge on any atom is 0.315 e. The smallest absolute Gasteiger partial charge is 0.315 e. The number of aliphatic carboxylic acids is 1. The highest BCUT2D eigenvalue weighted by Crippen LogP contribution is 2.33. The first-order valence-corrected chi connectivity index (χ1v) is 8.06. The van der Waals surface area contributed by atoms with Crippen LogP contribution in [0.1, 0.15) is 35.7 Å². The van der Waals surface area contributed by atoms with E-state index in [4.69, 9.17) is 5.11 Å². The molecule has 0 aliphatic heterocycles. The van der Waals surface area contributed by atoms with E-state index in [2.05, 4.69) is 22.1 Å². The van der Waals surface area contributed by atoms with Crippen molar-refractivity contribution in [2.45, 2.75) is 37.8 Å².